The van der Waals surface area contributed by atoms with Gasteiger partial charge in [-0.2, -0.15) is 0 Å². The minimum atomic E-state index is -0.275. The van der Waals surface area contributed by atoms with Crippen LogP contribution in [-0.2, 0) is 17.8 Å². The van der Waals surface area contributed by atoms with Crippen LogP contribution in [0.25, 0.3) is 0 Å². The van der Waals surface area contributed by atoms with E-state index in [4.69, 9.17) is 23.8 Å². The fraction of sp³-hybridized carbons (Fsp3) is 0.333. The third kappa shape index (κ3) is 6.11. The van der Waals surface area contributed by atoms with Crippen LogP contribution in [0.5, 0.6) is 0 Å². The van der Waals surface area contributed by atoms with E-state index in [1.807, 2.05) is 43.3 Å². The van der Waals surface area contributed by atoms with Crippen molar-refractivity contribution in [2.45, 2.75) is 39.7 Å². The molecule has 2 aromatic rings. The maximum absolute atomic E-state index is 12.4. The van der Waals surface area contributed by atoms with Gasteiger partial charge in [-0.25, -0.2) is 0 Å². The van der Waals surface area contributed by atoms with Gasteiger partial charge in [0.1, 0.15) is 0 Å². The van der Waals surface area contributed by atoms with Gasteiger partial charge in [0, 0.05) is 11.6 Å². The quantitative estimate of drug-likeness (QED) is 0.696. The smallest absolute Gasteiger partial charge is 0.233 e. The molecule has 26 heavy (non-hydrogen) atoms. The zero-order valence-electron chi connectivity index (χ0n) is 15.4. The zero-order valence-corrected chi connectivity index (χ0v) is 17.0. The molecular formula is C21H25ClN2OS. The van der Waals surface area contributed by atoms with Crippen LogP contribution in [0.3, 0.4) is 0 Å². The summed E-state index contributed by atoms with van der Waals surface area (Å²) in [6.45, 7) is 6.74. The third-order valence-corrected chi connectivity index (χ3v) is 4.77. The second-order valence-corrected chi connectivity index (χ2v) is 7.64. The molecule has 0 fully saturated rings. The van der Waals surface area contributed by atoms with E-state index in [9.17, 15) is 4.79 Å². The van der Waals surface area contributed by atoms with Crippen LogP contribution in [0.2, 0.25) is 5.02 Å². The van der Waals surface area contributed by atoms with Crippen LogP contribution in [0, 0.1) is 5.92 Å². The number of carbonyl (C=O) groups is 1. The summed E-state index contributed by atoms with van der Waals surface area (Å²) in [6, 6.07) is 15.7. The summed E-state index contributed by atoms with van der Waals surface area (Å²) in [4.78, 5) is 12.4. The molecule has 2 N–H and O–H groups in total. The topological polar surface area (TPSA) is 41.1 Å². The predicted molar refractivity (Wildman–Crippen MR) is 112 cm³/mol. The number of halogens is 1. The Morgan fingerprint density at radius 2 is 1.73 bits per heavy atom. The molecule has 0 aliphatic carbocycles. The highest BCUT2D eigenvalue weighted by Crippen LogP contribution is 2.18. The van der Waals surface area contributed by atoms with Crippen molar-refractivity contribution in [2.24, 2.45) is 5.92 Å². The van der Waals surface area contributed by atoms with Gasteiger partial charge in [-0.3, -0.25) is 4.79 Å². The molecule has 5 heteroatoms. The Balaban J connectivity index is 1.87. The fourth-order valence-corrected chi connectivity index (χ4v) is 3.02. The second kappa shape index (κ2) is 9.70. The Kier molecular flexibility index (Phi) is 7.61. The van der Waals surface area contributed by atoms with E-state index in [-0.39, 0.29) is 11.8 Å². The largest absolute Gasteiger partial charge is 0.358 e. The Bertz CT molecular complexity index is 759. The molecule has 0 aliphatic rings. The van der Waals surface area contributed by atoms with Gasteiger partial charge in [-0.05, 0) is 54.2 Å². The Morgan fingerprint density at radius 3 is 2.35 bits per heavy atom. The van der Waals surface area contributed by atoms with E-state index < -0.39 is 0 Å². The van der Waals surface area contributed by atoms with Crippen LogP contribution in [0.4, 0.5) is 0 Å². The zero-order chi connectivity index (χ0) is 19.1. The summed E-state index contributed by atoms with van der Waals surface area (Å²) in [6.07, 6.45) is 1.04. The molecule has 1 atom stereocenters. The van der Waals surface area contributed by atoms with Crippen molar-refractivity contribution in [2.75, 3.05) is 0 Å². The van der Waals surface area contributed by atoms with Gasteiger partial charge >= 0.3 is 0 Å². The lowest BCUT2D eigenvalue weighted by Gasteiger charge is -2.15. The van der Waals surface area contributed by atoms with E-state index in [0.29, 0.717) is 22.6 Å². The third-order valence-electron chi connectivity index (χ3n) is 4.15. The Morgan fingerprint density at radius 1 is 1.08 bits per heavy atom. The fourth-order valence-electron chi connectivity index (χ4n) is 2.65. The molecule has 0 radical (unpaired) electrons. The van der Waals surface area contributed by atoms with Crippen LogP contribution in [0.1, 0.15) is 43.4 Å². The molecule has 0 heterocycles. The first kappa shape index (κ1) is 20.4. The van der Waals surface area contributed by atoms with Crippen molar-refractivity contribution in [1.29, 1.82) is 0 Å². The van der Waals surface area contributed by atoms with E-state index in [0.717, 1.165) is 17.5 Å². The van der Waals surface area contributed by atoms with Gasteiger partial charge in [-0.1, -0.05) is 67.9 Å². The number of amides is 1. The van der Waals surface area contributed by atoms with E-state index in [2.05, 4.69) is 36.6 Å². The lowest BCUT2D eigenvalue weighted by Crippen LogP contribution is -2.40. The normalized spacial score (nSPS) is 11.9. The number of rotatable bonds is 6. The van der Waals surface area contributed by atoms with Crippen molar-refractivity contribution in [3.8, 4) is 0 Å². The molecule has 0 aromatic heterocycles. The number of thiocarbonyl (C=S) groups is 1. The lowest BCUT2D eigenvalue weighted by molar-refractivity contribution is -0.120. The van der Waals surface area contributed by atoms with Gasteiger partial charge in [0.25, 0.3) is 0 Å². The first-order valence-electron chi connectivity index (χ1n) is 8.77. The second-order valence-electron chi connectivity index (χ2n) is 6.82. The van der Waals surface area contributed by atoms with Crippen molar-refractivity contribution in [3.63, 3.8) is 0 Å². The Hall–Kier alpha value is -1.91. The minimum absolute atomic E-state index is 0.127. The van der Waals surface area contributed by atoms with Crippen LogP contribution >= 0.6 is 23.8 Å². The maximum atomic E-state index is 12.4. The summed E-state index contributed by atoms with van der Waals surface area (Å²) in [5.41, 5.74) is 3.19. The van der Waals surface area contributed by atoms with Crippen molar-refractivity contribution in [1.82, 2.24) is 10.6 Å². The highest BCUT2D eigenvalue weighted by Gasteiger charge is 2.16. The van der Waals surface area contributed by atoms with Gasteiger partial charge in [0.2, 0.25) is 5.91 Å². The number of hydrogen-bond donors (Lipinski definition) is 2. The van der Waals surface area contributed by atoms with Gasteiger partial charge in [0.15, 0.2) is 5.11 Å². The molecule has 1 unspecified atom stereocenters. The predicted octanol–water partition coefficient (Wildman–Crippen LogP) is 4.83. The highest BCUT2D eigenvalue weighted by molar-refractivity contribution is 7.80. The minimum Gasteiger partial charge on any atom is -0.358 e. The number of carbonyl (C=O) groups excluding carboxylic acids is 1. The van der Waals surface area contributed by atoms with Crippen molar-refractivity contribution < 1.29 is 4.79 Å². The number of benzene rings is 2. The standard InChI is InChI=1S/C21H25ClN2OS/c1-14(2)12-16-8-10-17(11-9-16)15(3)20(25)24-21(26)23-13-18-6-4-5-7-19(18)22/h4-11,14-15H,12-13H2,1-3H3,(H2,23,24,25,26). The maximum Gasteiger partial charge on any atom is 0.233 e. The van der Waals surface area contributed by atoms with Crippen molar-refractivity contribution >= 4 is 34.8 Å². The number of hydrogen-bond acceptors (Lipinski definition) is 2. The molecule has 1 amide bonds. The molecular weight excluding hydrogens is 364 g/mol. The lowest BCUT2D eigenvalue weighted by atomic mass is 9.96. The van der Waals surface area contributed by atoms with Crippen LogP contribution in [0.15, 0.2) is 48.5 Å². The molecule has 0 saturated heterocycles. The average Bonchev–Trinajstić information content (AvgIpc) is 2.60. The molecule has 0 aliphatic heterocycles. The summed E-state index contributed by atoms with van der Waals surface area (Å²) in [5, 5.41) is 6.75. The first-order valence-corrected chi connectivity index (χ1v) is 9.56. The molecule has 2 aromatic carbocycles. The average molecular weight is 389 g/mol. The van der Waals surface area contributed by atoms with E-state index in [1.165, 1.54) is 5.56 Å². The SMILES string of the molecule is CC(C)Cc1ccc(C(C)C(=O)NC(=S)NCc2ccccc2Cl)cc1. The summed E-state index contributed by atoms with van der Waals surface area (Å²) < 4.78 is 0. The first-order chi connectivity index (χ1) is 12.4. The van der Waals surface area contributed by atoms with Gasteiger partial charge in [-0.15, -0.1) is 0 Å². The van der Waals surface area contributed by atoms with Gasteiger partial charge < -0.3 is 10.6 Å². The van der Waals surface area contributed by atoms with Crippen molar-refractivity contribution in [3.05, 3.63) is 70.2 Å². The summed E-state index contributed by atoms with van der Waals surface area (Å²) in [5.74, 6) is 0.213. The molecule has 0 bridgehead atoms. The molecule has 2 rings (SSSR count). The van der Waals surface area contributed by atoms with E-state index in [1.54, 1.807) is 0 Å². The number of nitrogens with one attached hydrogen (secondary N) is 2. The summed E-state index contributed by atoms with van der Waals surface area (Å²) in [7, 11) is 0. The summed E-state index contributed by atoms with van der Waals surface area (Å²) >= 11 is 11.3. The highest BCUT2D eigenvalue weighted by atomic mass is 35.5. The van der Waals surface area contributed by atoms with Crippen LogP contribution < -0.4 is 10.6 Å². The molecule has 3 nitrogen and oxygen atoms in total. The Labute approximate surface area is 166 Å². The van der Waals surface area contributed by atoms with Crippen LogP contribution in [-0.4, -0.2) is 11.0 Å². The molecule has 0 spiro atoms. The van der Waals surface area contributed by atoms with Gasteiger partial charge in [0.05, 0.1) is 5.92 Å². The molecule has 138 valence electrons. The monoisotopic (exact) mass is 388 g/mol. The molecule has 0 saturated carbocycles. The van der Waals surface area contributed by atoms with E-state index >= 15 is 0 Å².